The fraction of sp³-hybridized carbons (Fsp3) is 0.655. The third kappa shape index (κ3) is 7.36. The number of rotatable bonds is 7. The van der Waals surface area contributed by atoms with Crippen molar-refractivity contribution < 1.29 is 48.0 Å². The van der Waals surface area contributed by atoms with Crippen LogP contribution in [0.25, 0.3) is 0 Å². The van der Waals surface area contributed by atoms with E-state index >= 15 is 0 Å². The van der Waals surface area contributed by atoms with Gasteiger partial charge in [-0.2, -0.15) is 0 Å². The minimum Gasteiger partial charge on any atom is -0.459 e. The first-order chi connectivity index (χ1) is 18.0. The van der Waals surface area contributed by atoms with Gasteiger partial charge < -0.3 is 28.8 Å². The minimum atomic E-state index is -1.88. The van der Waals surface area contributed by atoms with Gasteiger partial charge in [0, 0.05) is 37.3 Å². The molecular weight excluding hydrogens is 508 g/mol. The molecule has 8 unspecified atom stereocenters. The van der Waals surface area contributed by atoms with Gasteiger partial charge in [0.25, 0.3) is 0 Å². The zero-order valence-corrected chi connectivity index (χ0v) is 24.4. The summed E-state index contributed by atoms with van der Waals surface area (Å²) in [6.07, 6.45) is -2.13. The third-order valence-electron chi connectivity index (χ3n) is 7.67. The number of fused-ring (bicyclic) bond motifs is 1. The Balaban J connectivity index is 2.72. The summed E-state index contributed by atoms with van der Waals surface area (Å²) in [6.45, 7) is 17.9. The van der Waals surface area contributed by atoms with Crippen LogP contribution >= 0.6 is 0 Å². The molecule has 1 heterocycles. The molecule has 2 fully saturated rings. The van der Waals surface area contributed by atoms with E-state index in [1.54, 1.807) is 53.7 Å². The maximum Gasteiger partial charge on any atom is 0.333 e. The minimum absolute atomic E-state index is 0.00589. The SMILES string of the molecule is C=C(C)C1CC(OC(C)=O)C(C)(O)C(OC(=O)C(C)=CC)CC2OC2(C)C(OC(C)=O)C1OC(=O)C(C)=CC. The van der Waals surface area contributed by atoms with Crippen LogP contribution in [0.1, 0.15) is 75.2 Å². The van der Waals surface area contributed by atoms with Crippen LogP contribution in [0.5, 0.6) is 0 Å². The van der Waals surface area contributed by atoms with Crippen molar-refractivity contribution in [3.05, 3.63) is 35.5 Å². The van der Waals surface area contributed by atoms with E-state index in [0.717, 1.165) is 0 Å². The van der Waals surface area contributed by atoms with Crippen LogP contribution in [0.2, 0.25) is 0 Å². The lowest BCUT2D eigenvalue weighted by Crippen LogP contribution is -2.58. The smallest absolute Gasteiger partial charge is 0.333 e. The topological polar surface area (TPSA) is 138 Å². The normalized spacial score (nSPS) is 35.1. The lowest BCUT2D eigenvalue weighted by molar-refractivity contribution is -0.198. The Morgan fingerprint density at radius 3 is 1.77 bits per heavy atom. The first-order valence-electron chi connectivity index (χ1n) is 13.1. The first kappa shape index (κ1) is 32.2. The molecule has 2 aliphatic rings. The number of carbonyl (C=O) groups excluding carboxylic acids is 4. The number of hydrogen-bond acceptors (Lipinski definition) is 10. The molecule has 2 rings (SSSR count). The predicted octanol–water partition coefficient (Wildman–Crippen LogP) is 3.50. The van der Waals surface area contributed by atoms with Crippen LogP contribution in [0, 0.1) is 5.92 Å². The Morgan fingerprint density at radius 2 is 1.31 bits per heavy atom. The predicted molar refractivity (Wildman–Crippen MR) is 141 cm³/mol. The van der Waals surface area contributed by atoms with Crippen molar-refractivity contribution >= 4 is 23.9 Å². The Hall–Kier alpha value is -2.98. The van der Waals surface area contributed by atoms with Gasteiger partial charge in [-0.1, -0.05) is 24.3 Å². The summed E-state index contributed by atoms with van der Waals surface area (Å²) in [5.41, 5.74) is -1.83. The van der Waals surface area contributed by atoms with Crippen molar-refractivity contribution in [3.63, 3.8) is 0 Å². The summed E-state index contributed by atoms with van der Waals surface area (Å²) in [5.74, 6) is -3.33. The zero-order valence-electron chi connectivity index (χ0n) is 24.4. The molecule has 1 saturated carbocycles. The summed E-state index contributed by atoms with van der Waals surface area (Å²) >= 11 is 0. The molecule has 0 spiro atoms. The quantitative estimate of drug-likeness (QED) is 0.165. The van der Waals surface area contributed by atoms with E-state index in [4.69, 9.17) is 23.7 Å². The summed E-state index contributed by atoms with van der Waals surface area (Å²) in [7, 11) is 0. The Kier molecular flexibility index (Phi) is 10.3. The zero-order chi connectivity index (χ0) is 29.9. The average Bonchev–Trinajstić information content (AvgIpc) is 3.50. The Bertz CT molecular complexity index is 1050. The van der Waals surface area contributed by atoms with Gasteiger partial charge in [0.1, 0.15) is 29.5 Å². The van der Waals surface area contributed by atoms with Gasteiger partial charge in [0.05, 0.1) is 6.10 Å². The highest BCUT2D eigenvalue weighted by Gasteiger charge is 2.66. The van der Waals surface area contributed by atoms with Gasteiger partial charge in [-0.25, -0.2) is 9.59 Å². The van der Waals surface area contributed by atoms with Crippen molar-refractivity contribution in [2.24, 2.45) is 5.92 Å². The van der Waals surface area contributed by atoms with Crippen LogP contribution in [0.4, 0.5) is 0 Å². The van der Waals surface area contributed by atoms with Gasteiger partial charge in [0.15, 0.2) is 6.10 Å². The van der Waals surface area contributed by atoms with Crippen LogP contribution in [-0.2, 0) is 42.9 Å². The van der Waals surface area contributed by atoms with Gasteiger partial charge in [-0.05, 0) is 54.9 Å². The maximum absolute atomic E-state index is 13.0. The number of epoxide rings is 1. The first-order valence-corrected chi connectivity index (χ1v) is 13.1. The van der Waals surface area contributed by atoms with Crippen LogP contribution in [0.3, 0.4) is 0 Å². The lowest BCUT2D eigenvalue weighted by Gasteiger charge is -2.43. The summed E-state index contributed by atoms with van der Waals surface area (Å²) in [5, 5.41) is 11.8. The molecule has 10 nitrogen and oxygen atoms in total. The molecule has 1 saturated heterocycles. The molecule has 0 aromatic carbocycles. The Morgan fingerprint density at radius 1 is 0.821 bits per heavy atom. The van der Waals surface area contributed by atoms with Crippen molar-refractivity contribution in [3.8, 4) is 0 Å². The summed E-state index contributed by atoms with van der Waals surface area (Å²) in [4.78, 5) is 50.2. The molecule has 0 radical (unpaired) electrons. The number of ether oxygens (including phenoxy) is 5. The summed E-state index contributed by atoms with van der Waals surface area (Å²) in [6, 6.07) is 0. The molecule has 0 aromatic heterocycles. The monoisotopic (exact) mass is 550 g/mol. The van der Waals surface area contributed by atoms with Crippen LogP contribution in [-0.4, -0.2) is 70.7 Å². The van der Waals surface area contributed by atoms with E-state index in [0.29, 0.717) is 16.7 Å². The number of hydrogen-bond donors (Lipinski definition) is 1. The van der Waals surface area contributed by atoms with Crippen LogP contribution < -0.4 is 0 Å². The van der Waals surface area contributed by atoms with E-state index in [1.807, 2.05) is 0 Å². The highest BCUT2D eigenvalue weighted by atomic mass is 16.7. The van der Waals surface area contributed by atoms with Crippen molar-refractivity contribution in [2.45, 2.75) is 117 Å². The maximum atomic E-state index is 13.0. The summed E-state index contributed by atoms with van der Waals surface area (Å²) < 4.78 is 29.1. The molecule has 218 valence electrons. The van der Waals surface area contributed by atoms with Gasteiger partial charge in [-0.3, -0.25) is 9.59 Å². The third-order valence-corrected chi connectivity index (χ3v) is 7.67. The lowest BCUT2D eigenvalue weighted by atomic mass is 9.75. The fourth-order valence-electron chi connectivity index (χ4n) is 4.78. The van der Waals surface area contributed by atoms with Crippen molar-refractivity contribution in [2.75, 3.05) is 0 Å². The highest BCUT2D eigenvalue weighted by Crippen LogP contribution is 2.50. The number of allylic oxidation sites excluding steroid dienone is 2. The number of carbonyl (C=O) groups is 4. The van der Waals surface area contributed by atoms with Crippen LogP contribution in [0.15, 0.2) is 35.5 Å². The van der Waals surface area contributed by atoms with Crippen molar-refractivity contribution in [1.29, 1.82) is 0 Å². The fourth-order valence-corrected chi connectivity index (χ4v) is 4.78. The second-order valence-corrected chi connectivity index (χ2v) is 10.8. The molecule has 1 aliphatic carbocycles. The van der Waals surface area contributed by atoms with E-state index in [9.17, 15) is 24.3 Å². The van der Waals surface area contributed by atoms with E-state index in [-0.39, 0.29) is 12.8 Å². The molecule has 0 aromatic rings. The number of esters is 4. The van der Waals surface area contributed by atoms with Gasteiger partial charge >= 0.3 is 23.9 Å². The molecule has 1 N–H and O–H groups in total. The van der Waals surface area contributed by atoms with E-state index in [2.05, 4.69) is 6.58 Å². The number of aliphatic hydroxyl groups is 1. The van der Waals surface area contributed by atoms with Gasteiger partial charge in [-0.15, -0.1) is 0 Å². The van der Waals surface area contributed by atoms with Gasteiger partial charge in [0.2, 0.25) is 0 Å². The second-order valence-electron chi connectivity index (χ2n) is 10.8. The molecule has 8 atom stereocenters. The molecular formula is C29H42O10. The highest BCUT2D eigenvalue weighted by molar-refractivity contribution is 5.88. The average molecular weight is 551 g/mol. The largest absolute Gasteiger partial charge is 0.459 e. The van der Waals surface area contributed by atoms with E-state index in [1.165, 1.54) is 20.8 Å². The molecule has 10 heteroatoms. The molecule has 1 aliphatic heterocycles. The molecule has 0 bridgehead atoms. The van der Waals surface area contributed by atoms with E-state index < -0.39 is 71.5 Å². The Labute approximate surface area is 230 Å². The second kappa shape index (κ2) is 12.5. The molecule has 39 heavy (non-hydrogen) atoms. The standard InChI is InChI=1S/C29H42O10/c1-11-16(5)26(32)37-22-14-23-29(10,39-23)25(36-19(8)31)24(38-27(33)17(6)12-2)20(15(3)4)13-21(28(22,9)34)35-18(7)30/h11-12,20-25,34H,3,13-14H2,1-2,4-10H3. The molecule has 0 amide bonds. The van der Waals surface area contributed by atoms with Crippen molar-refractivity contribution in [1.82, 2.24) is 0 Å².